The van der Waals surface area contributed by atoms with E-state index in [0.29, 0.717) is 31.7 Å². The van der Waals surface area contributed by atoms with Crippen molar-refractivity contribution in [2.45, 2.75) is 30.7 Å². The van der Waals surface area contributed by atoms with Crippen molar-refractivity contribution in [3.05, 3.63) is 18.2 Å². The predicted octanol–water partition coefficient (Wildman–Crippen LogP) is 0.990. The first-order chi connectivity index (χ1) is 11.2. The van der Waals surface area contributed by atoms with Gasteiger partial charge in [0.15, 0.2) is 0 Å². The molecular formula is C14H24ClN3O5S2. The van der Waals surface area contributed by atoms with Gasteiger partial charge in [0.1, 0.15) is 10.6 Å². The van der Waals surface area contributed by atoms with Gasteiger partial charge in [0.25, 0.3) is 0 Å². The number of nitrogens with two attached hydrogens (primary N) is 1. The lowest BCUT2D eigenvalue weighted by molar-refractivity contribution is 0.320. The summed E-state index contributed by atoms with van der Waals surface area (Å²) in [5.41, 5.74) is 5.81. The second-order valence-corrected chi connectivity index (χ2v) is 9.53. The number of hydrogen-bond donors (Lipinski definition) is 2. The number of halogens is 1. The molecule has 3 N–H and O–H groups in total. The molecule has 1 aromatic carbocycles. The Morgan fingerprint density at radius 1 is 1.24 bits per heavy atom. The van der Waals surface area contributed by atoms with Crippen LogP contribution in [0, 0.1) is 0 Å². The van der Waals surface area contributed by atoms with Crippen LogP contribution in [0.5, 0.6) is 5.75 Å². The highest BCUT2D eigenvalue weighted by Gasteiger charge is 2.31. The lowest BCUT2D eigenvalue weighted by Gasteiger charge is -2.30. The molecule has 1 aliphatic rings. The van der Waals surface area contributed by atoms with Crippen LogP contribution >= 0.6 is 12.4 Å². The van der Waals surface area contributed by atoms with Crippen LogP contribution in [-0.4, -0.2) is 53.1 Å². The fourth-order valence-corrected chi connectivity index (χ4v) is 4.75. The first-order valence-electron chi connectivity index (χ1n) is 7.64. The van der Waals surface area contributed by atoms with Gasteiger partial charge in [-0.05, 0) is 31.9 Å². The highest BCUT2D eigenvalue weighted by molar-refractivity contribution is 7.93. The molecule has 1 aliphatic heterocycles. The number of hydrogen-bond acceptors (Lipinski definition) is 6. The van der Waals surface area contributed by atoms with E-state index in [4.69, 9.17) is 10.5 Å². The summed E-state index contributed by atoms with van der Waals surface area (Å²) in [5.74, 6) is 0.200. The van der Waals surface area contributed by atoms with Gasteiger partial charge in [-0.15, -0.1) is 12.4 Å². The molecule has 0 aliphatic carbocycles. The minimum absolute atomic E-state index is 0. The van der Waals surface area contributed by atoms with Gasteiger partial charge >= 0.3 is 0 Å². The zero-order chi connectivity index (χ0) is 18.0. The largest absolute Gasteiger partial charge is 0.497 e. The molecule has 0 radical (unpaired) electrons. The van der Waals surface area contributed by atoms with Gasteiger partial charge in [0.2, 0.25) is 20.0 Å². The van der Waals surface area contributed by atoms with Gasteiger partial charge in [0, 0.05) is 25.2 Å². The highest BCUT2D eigenvalue weighted by Crippen LogP contribution is 2.30. The monoisotopic (exact) mass is 413 g/mol. The average molecular weight is 414 g/mol. The van der Waals surface area contributed by atoms with Crippen molar-refractivity contribution in [2.24, 2.45) is 5.73 Å². The fraction of sp³-hybridized carbons (Fsp3) is 0.571. The summed E-state index contributed by atoms with van der Waals surface area (Å²) in [5, 5.41) is 0. The molecule has 2 rings (SSSR count). The molecule has 0 amide bonds. The van der Waals surface area contributed by atoms with Crippen molar-refractivity contribution >= 4 is 38.1 Å². The van der Waals surface area contributed by atoms with Crippen molar-refractivity contribution in [1.82, 2.24) is 4.31 Å². The van der Waals surface area contributed by atoms with E-state index in [1.165, 1.54) is 36.5 Å². The van der Waals surface area contributed by atoms with Crippen LogP contribution in [0.2, 0.25) is 0 Å². The molecule has 1 aromatic rings. The zero-order valence-corrected chi connectivity index (χ0v) is 16.6. The normalized spacial score (nSPS) is 16.9. The number of nitrogens with one attached hydrogen (secondary N) is 1. The zero-order valence-electron chi connectivity index (χ0n) is 14.1. The molecule has 8 nitrogen and oxygen atoms in total. The first kappa shape index (κ1) is 22.0. The van der Waals surface area contributed by atoms with Gasteiger partial charge in [-0.1, -0.05) is 0 Å². The second kappa shape index (κ2) is 8.54. The lowest BCUT2D eigenvalue weighted by Crippen LogP contribution is -2.43. The Morgan fingerprint density at radius 2 is 1.84 bits per heavy atom. The van der Waals surface area contributed by atoms with Gasteiger partial charge in [0.05, 0.1) is 18.6 Å². The summed E-state index contributed by atoms with van der Waals surface area (Å²) in [4.78, 5) is -0.0872. The third-order valence-corrected chi connectivity index (χ3v) is 7.20. The number of rotatable bonds is 6. The molecule has 0 atom stereocenters. The van der Waals surface area contributed by atoms with Crippen LogP contribution in [0.4, 0.5) is 5.69 Å². The van der Waals surface area contributed by atoms with Crippen molar-refractivity contribution in [3.63, 3.8) is 0 Å². The SMILES string of the molecule is CCS(=O)(=O)Nc1cc(OC)ccc1S(=O)(=O)N1CCC(N)CC1.Cl. The van der Waals surface area contributed by atoms with E-state index in [1.807, 2.05) is 0 Å². The van der Waals surface area contributed by atoms with E-state index in [9.17, 15) is 16.8 Å². The lowest BCUT2D eigenvalue weighted by atomic mass is 10.1. The number of piperidine rings is 1. The Hall–Kier alpha value is -1.07. The minimum atomic E-state index is -3.83. The molecule has 0 aromatic heterocycles. The predicted molar refractivity (Wildman–Crippen MR) is 99.3 cm³/mol. The number of methoxy groups -OCH3 is 1. The molecule has 144 valence electrons. The minimum Gasteiger partial charge on any atom is -0.497 e. The van der Waals surface area contributed by atoms with Crippen molar-refractivity contribution < 1.29 is 21.6 Å². The smallest absolute Gasteiger partial charge is 0.245 e. The van der Waals surface area contributed by atoms with E-state index in [2.05, 4.69) is 4.72 Å². The van der Waals surface area contributed by atoms with E-state index in [1.54, 1.807) is 0 Å². The van der Waals surface area contributed by atoms with Crippen LogP contribution in [-0.2, 0) is 20.0 Å². The number of ether oxygens (including phenoxy) is 1. The number of benzene rings is 1. The first-order valence-corrected chi connectivity index (χ1v) is 10.7. The number of sulfonamides is 2. The Kier molecular flexibility index (Phi) is 7.51. The van der Waals surface area contributed by atoms with Crippen LogP contribution < -0.4 is 15.2 Å². The van der Waals surface area contributed by atoms with Crippen LogP contribution in [0.1, 0.15) is 19.8 Å². The van der Waals surface area contributed by atoms with Crippen molar-refractivity contribution in [2.75, 3.05) is 30.7 Å². The molecule has 0 unspecified atom stereocenters. The maximum Gasteiger partial charge on any atom is 0.245 e. The molecule has 1 fully saturated rings. The Labute approximate surface area is 155 Å². The quantitative estimate of drug-likeness (QED) is 0.717. The Bertz CT molecular complexity index is 791. The maximum atomic E-state index is 12.9. The Balaban J connectivity index is 0.00000312. The molecule has 1 saturated heterocycles. The summed E-state index contributed by atoms with van der Waals surface area (Å²) >= 11 is 0. The van der Waals surface area contributed by atoms with Crippen LogP contribution in [0.25, 0.3) is 0 Å². The molecule has 11 heteroatoms. The van der Waals surface area contributed by atoms with E-state index in [0.717, 1.165) is 0 Å². The van der Waals surface area contributed by atoms with Crippen molar-refractivity contribution in [1.29, 1.82) is 0 Å². The fourth-order valence-electron chi connectivity index (χ4n) is 2.44. The standard InChI is InChI=1S/C14H23N3O5S2.ClH/c1-3-23(18,19)16-13-10-12(22-2)4-5-14(13)24(20,21)17-8-6-11(15)7-9-17;/h4-5,10-11,16H,3,6-9,15H2,1-2H3;1H. The summed E-state index contributed by atoms with van der Waals surface area (Å²) in [6.45, 7) is 2.10. The van der Waals surface area contributed by atoms with Gasteiger partial charge in [-0.3, -0.25) is 4.72 Å². The van der Waals surface area contributed by atoms with Crippen LogP contribution in [0.3, 0.4) is 0 Å². The summed E-state index contributed by atoms with van der Waals surface area (Å²) < 4.78 is 58.3. The number of anilines is 1. The highest BCUT2D eigenvalue weighted by atomic mass is 35.5. The molecule has 0 bridgehead atoms. The van der Waals surface area contributed by atoms with E-state index >= 15 is 0 Å². The van der Waals surface area contributed by atoms with E-state index < -0.39 is 20.0 Å². The molecule has 25 heavy (non-hydrogen) atoms. The second-order valence-electron chi connectivity index (χ2n) is 5.61. The molecule has 0 saturated carbocycles. The van der Waals surface area contributed by atoms with Gasteiger partial charge < -0.3 is 10.5 Å². The van der Waals surface area contributed by atoms with E-state index in [-0.39, 0.29) is 34.8 Å². The molecule has 1 heterocycles. The number of nitrogens with zero attached hydrogens (tertiary/aromatic N) is 1. The van der Waals surface area contributed by atoms with Gasteiger partial charge in [-0.25, -0.2) is 16.8 Å². The average Bonchev–Trinajstić information content (AvgIpc) is 2.54. The molecule has 0 spiro atoms. The summed E-state index contributed by atoms with van der Waals surface area (Å²) in [7, 11) is -6.03. The maximum absolute atomic E-state index is 12.9. The van der Waals surface area contributed by atoms with Gasteiger partial charge in [-0.2, -0.15) is 4.31 Å². The third kappa shape index (κ3) is 5.20. The summed E-state index contributed by atoms with van der Waals surface area (Å²) in [6, 6.07) is 4.21. The molecular weight excluding hydrogens is 390 g/mol. The topological polar surface area (TPSA) is 119 Å². The van der Waals surface area contributed by atoms with Crippen molar-refractivity contribution in [3.8, 4) is 5.75 Å². The third-order valence-electron chi connectivity index (χ3n) is 3.95. The van der Waals surface area contributed by atoms with Crippen LogP contribution in [0.15, 0.2) is 23.1 Å². The Morgan fingerprint density at radius 3 is 2.36 bits per heavy atom. The summed E-state index contributed by atoms with van der Waals surface area (Å²) in [6.07, 6.45) is 1.15.